The molecule has 2 N–H and O–H groups in total. The Bertz CT molecular complexity index is 682. The van der Waals surface area contributed by atoms with Crippen molar-refractivity contribution in [3.05, 3.63) is 16.4 Å². The highest BCUT2D eigenvalue weighted by atomic mass is 16.6. The third-order valence-electron chi connectivity index (χ3n) is 7.00. The molecule has 0 radical (unpaired) electrons. The highest BCUT2D eigenvalue weighted by molar-refractivity contribution is 5.69. The number of nitrogens with zero attached hydrogens (tertiary/aromatic N) is 4. The van der Waals surface area contributed by atoms with Crippen LogP contribution in [0.5, 0.6) is 0 Å². The van der Waals surface area contributed by atoms with Crippen LogP contribution in [0.1, 0.15) is 116 Å². The topological polar surface area (TPSA) is 96.2 Å². The lowest BCUT2D eigenvalue weighted by molar-refractivity contribution is -0.383. The molecule has 1 fully saturated rings. The number of piperidine rings is 1. The molecular weight excluding hydrogens is 440 g/mol. The van der Waals surface area contributed by atoms with E-state index in [9.17, 15) is 10.1 Å². The molecule has 8 heteroatoms. The maximum absolute atomic E-state index is 11.7. The predicted octanol–water partition coefficient (Wildman–Crippen LogP) is 7.18. The summed E-state index contributed by atoms with van der Waals surface area (Å²) < 4.78 is 0. The van der Waals surface area contributed by atoms with E-state index in [0.29, 0.717) is 24.7 Å². The van der Waals surface area contributed by atoms with Crippen molar-refractivity contribution < 1.29 is 4.92 Å². The van der Waals surface area contributed by atoms with Gasteiger partial charge in [-0.1, -0.05) is 96.8 Å². The molecule has 0 saturated carbocycles. The van der Waals surface area contributed by atoms with Gasteiger partial charge in [0.1, 0.15) is 6.33 Å². The molecular formula is C27H50N6O2. The number of hydrogen-bond acceptors (Lipinski definition) is 7. The van der Waals surface area contributed by atoms with Crippen molar-refractivity contribution in [1.82, 2.24) is 14.9 Å². The molecule has 2 rings (SSSR count). The van der Waals surface area contributed by atoms with E-state index >= 15 is 0 Å². The van der Waals surface area contributed by atoms with Gasteiger partial charge in [0.05, 0.1) is 4.92 Å². The van der Waals surface area contributed by atoms with Crippen LogP contribution in [0.15, 0.2) is 6.33 Å². The minimum Gasteiger partial charge on any atom is -0.364 e. The van der Waals surface area contributed by atoms with Crippen molar-refractivity contribution in [3.63, 3.8) is 0 Å². The van der Waals surface area contributed by atoms with Crippen molar-refractivity contribution >= 4 is 17.3 Å². The second-order valence-corrected chi connectivity index (χ2v) is 10.0. The first-order valence-electron chi connectivity index (χ1n) is 14.4. The molecule has 0 bridgehead atoms. The summed E-state index contributed by atoms with van der Waals surface area (Å²) in [4.78, 5) is 22.0. The largest absolute Gasteiger partial charge is 0.364 e. The lowest BCUT2D eigenvalue weighted by atomic mass is 10.0. The molecule has 35 heavy (non-hydrogen) atoms. The monoisotopic (exact) mass is 490 g/mol. The number of anilines is 2. The second-order valence-electron chi connectivity index (χ2n) is 10.0. The molecule has 0 aliphatic carbocycles. The maximum Gasteiger partial charge on any atom is 0.353 e. The van der Waals surface area contributed by atoms with Gasteiger partial charge < -0.3 is 15.5 Å². The standard InChI is InChI=1S/C27H50N6O2/c1-2-3-4-5-6-7-8-9-10-11-12-13-14-16-19-28-26-25(33(34)35)27(31-24-30-26)29-20-23-32-21-17-15-18-22-32/h24H,2-23H2,1H3,(H2,28,29,30,31). The molecule has 200 valence electrons. The first kappa shape index (κ1) is 29.3. The third-order valence-corrected chi connectivity index (χ3v) is 7.00. The summed E-state index contributed by atoms with van der Waals surface area (Å²) in [5, 5.41) is 18.0. The molecule has 8 nitrogen and oxygen atoms in total. The smallest absolute Gasteiger partial charge is 0.353 e. The quantitative estimate of drug-likeness (QED) is 0.107. The molecule has 0 atom stereocenters. The third kappa shape index (κ3) is 13.1. The van der Waals surface area contributed by atoms with Crippen LogP contribution in [-0.2, 0) is 0 Å². The van der Waals surface area contributed by atoms with Crippen molar-refractivity contribution in [2.45, 2.75) is 116 Å². The van der Waals surface area contributed by atoms with Crippen LogP contribution in [0.2, 0.25) is 0 Å². The average molecular weight is 491 g/mol. The van der Waals surface area contributed by atoms with E-state index < -0.39 is 0 Å². The molecule has 1 saturated heterocycles. The molecule has 0 spiro atoms. The Hall–Kier alpha value is -1.96. The van der Waals surface area contributed by atoms with Crippen LogP contribution >= 0.6 is 0 Å². The Morgan fingerprint density at radius 1 is 0.771 bits per heavy atom. The fraction of sp³-hybridized carbons (Fsp3) is 0.852. The van der Waals surface area contributed by atoms with Gasteiger partial charge in [0.2, 0.25) is 11.6 Å². The number of rotatable bonds is 21. The Labute approximate surface area is 213 Å². The van der Waals surface area contributed by atoms with Crippen molar-refractivity contribution in [1.29, 1.82) is 0 Å². The van der Waals surface area contributed by atoms with Gasteiger partial charge in [0.15, 0.2) is 0 Å². The normalized spacial score (nSPS) is 14.2. The van der Waals surface area contributed by atoms with Gasteiger partial charge in [-0.25, -0.2) is 9.97 Å². The van der Waals surface area contributed by atoms with Crippen LogP contribution in [0.3, 0.4) is 0 Å². The average Bonchev–Trinajstić information content (AvgIpc) is 2.87. The molecule has 1 aromatic heterocycles. The molecule has 1 aliphatic rings. The number of nitro groups is 1. The van der Waals surface area contributed by atoms with E-state index in [1.807, 2.05) is 0 Å². The number of hydrogen-bond donors (Lipinski definition) is 2. The van der Waals surface area contributed by atoms with Crippen molar-refractivity contribution in [2.24, 2.45) is 0 Å². The van der Waals surface area contributed by atoms with Gasteiger partial charge in [-0.3, -0.25) is 10.1 Å². The number of aromatic nitrogens is 2. The highest BCUT2D eigenvalue weighted by Crippen LogP contribution is 2.28. The molecule has 0 aromatic carbocycles. The zero-order chi connectivity index (χ0) is 25.0. The van der Waals surface area contributed by atoms with E-state index in [0.717, 1.165) is 32.5 Å². The van der Waals surface area contributed by atoms with Gasteiger partial charge in [0, 0.05) is 19.6 Å². The van der Waals surface area contributed by atoms with E-state index in [1.165, 1.54) is 103 Å². The van der Waals surface area contributed by atoms with Crippen LogP contribution in [0.4, 0.5) is 17.3 Å². The van der Waals surface area contributed by atoms with Crippen molar-refractivity contribution in [2.75, 3.05) is 43.4 Å². The molecule has 0 unspecified atom stereocenters. The van der Waals surface area contributed by atoms with Gasteiger partial charge >= 0.3 is 5.69 Å². The first-order chi connectivity index (χ1) is 17.2. The Balaban J connectivity index is 1.54. The maximum atomic E-state index is 11.7. The molecule has 0 amide bonds. The van der Waals surface area contributed by atoms with Gasteiger partial charge in [-0.05, 0) is 32.4 Å². The molecule has 1 aliphatic heterocycles. The lowest BCUT2D eigenvalue weighted by Gasteiger charge is -2.26. The minimum atomic E-state index is -0.378. The highest BCUT2D eigenvalue weighted by Gasteiger charge is 2.22. The van der Waals surface area contributed by atoms with E-state index in [-0.39, 0.29) is 10.6 Å². The van der Waals surface area contributed by atoms with E-state index in [4.69, 9.17) is 0 Å². The summed E-state index contributed by atoms with van der Waals surface area (Å²) in [6.07, 6.45) is 23.6. The minimum absolute atomic E-state index is 0.0449. The van der Waals surface area contributed by atoms with Gasteiger partial charge in [-0.2, -0.15) is 0 Å². The van der Waals surface area contributed by atoms with E-state index in [1.54, 1.807) is 0 Å². The lowest BCUT2D eigenvalue weighted by Crippen LogP contribution is -2.33. The van der Waals surface area contributed by atoms with Crippen LogP contribution < -0.4 is 10.6 Å². The van der Waals surface area contributed by atoms with E-state index in [2.05, 4.69) is 32.4 Å². The van der Waals surface area contributed by atoms with Crippen LogP contribution in [0, 0.1) is 10.1 Å². The predicted molar refractivity (Wildman–Crippen MR) is 146 cm³/mol. The summed E-state index contributed by atoms with van der Waals surface area (Å²) in [6.45, 7) is 6.72. The summed E-state index contributed by atoms with van der Waals surface area (Å²) in [7, 11) is 0. The Morgan fingerprint density at radius 3 is 1.77 bits per heavy atom. The zero-order valence-corrected chi connectivity index (χ0v) is 22.2. The summed E-state index contributed by atoms with van der Waals surface area (Å²) in [5.74, 6) is 0.630. The number of likely N-dealkylation sites (tertiary alicyclic amines) is 1. The van der Waals surface area contributed by atoms with Crippen LogP contribution in [-0.4, -0.2) is 52.5 Å². The Kier molecular flexibility index (Phi) is 16.1. The summed E-state index contributed by atoms with van der Waals surface area (Å²) >= 11 is 0. The molecule has 2 heterocycles. The SMILES string of the molecule is CCCCCCCCCCCCCCCCNc1ncnc(NCCN2CCCCC2)c1[N+](=O)[O-]. The van der Waals surface area contributed by atoms with Crippen LogP contribution in [0.25, 0.3) is 0 Å². The fourth-order valence-electron chi connectivity index (χ4n) is 4.85. The van der Waals surface area contributed by atoms with Crippen molar-refractivity contribution in [3.8, 4) is 0 Å². The summed E-state index contributed by atoms with van der Waals surface area (Å²) in [5.41, 5.74) is -0.0449. The summed E-state index contributed by atoms with van der Waals surface area (Å²) in [6, 6.07) is 0. The first-order valence-corrected chi connectivity index (χ1v) is 14.4. The second kappa shape index (κ2) is 19.3. The number of nitrogens with one attached hydrogen (secondary N) is 2. The zero-order valence-electron chi connectivity index (χ0n) is 22.2. The fourth-order valence-corrected chi connectivity index (χ4v) is 4.85. The van der Waals surface area contributed by atoms with Gasteiger partial charge in [-0.15, -0.1) is 0 Å². The van der Waals surface area contributed by atoms with Gasteiger partial charge in [0.25, 0.3) is 0 Å². The Morgan fingerprint density at radius 2 is 1.26 bits per heavy atom. The number of unbranched alkanes of at least 4 members (excludes halogenated alkanes) is 13. The molecule has 1 aromatic rings.